The molecule has 0 radical (unpaired) electrons. The van der Waals surface area contributed by atoms with E-state index in [-0.39, 0.29) is 11.9 Å². The number of benzene rings is 2. The zero-order chi connectivity index (χ0) is 19.9. The lowest BCUT2D eigenvalue weighted by Gasteiger charge is -2.34. The number of nitrogens with zero attached hydrogens (tertiary/aromatic N) is 1. The van der Waals surface area contributed by atoms with E-state index < -0.39 is 11.1 Å². The SMILES string of the molecule is COc1ccc(C[C@]2(C)C[C@@]3(c4ccccc4)OC[C@H](C(C)C)N3C2=O)cc1. The Labute approximate surface area is 167 Å². The lowest BCUT2D eigenvalue weighted by atomic mass is 9.79. The topological polar surface area (TPSA) is 38.8 Å². The maximum Gasteiger partial charge on any atom is 0.231 e. The van der Waals surface area contributed by atoms with Crippen LogP contribution in [0.4, 0.5) is 0 Å². The second-order valence-electron chi connectivity index (χ2n) is 8.71. The number of amides is 1. The first-order chi connectivity index (χ1) is 13.4. The van der Waals surface area contributed by atoms with Crippen molar-refractivity contribution in [3.05, 3.63) is 65.7 Å². The first kappa shape index (κ1) is 19.0. The molecule has 2 heterocycles. The van der Waals surface area contributed by atoms with Crippen LogP contribution < -0.4 is 4.74 Å². The minimum Gasteiger partial charge on any atom is -0.497 e. The molecule has 4 nitrogen and oxygen atoms in total. The summed E-state index contributed by atoms with van der Waals surface area (Å²) in [5.74, 6) is 1.37. The van der Waals surface area contributed by atoms with Crippen LogP contribution in [0, 0.1) is 11.3 Å². The normalized spacial score (nSPS) is 29.4. The quantitative estimate of drug-likeness (QED) is 0.774. The highest BCUT2D eigenvalue weighted by atomic mass is 16.5. The highest BCUT2D eigenvalue weighted by Gasteiger charge is 2.64. The Morgan fingerprint density at radius 3 is 2.43 bits per heavy atom. The summed E-state index contributed by atoms with van der Waals surface area (Å²) in [7, 11) is 1.66. The van der Waals surface area contributed by atoms with Gasteiger partial charge in [-0.15, -0.1) is 0 Å². The summed E-state index contributed by atoms with van der Waals surface area (Å²) in [4.78, 5) is 15.8. The minimum atomic E-state index is -0.658. The molecule has 0 unspecified atom stereocenters. The van der Waals surface area contributed by atoms with Crippen molar-refractivity contribution in [1.29, 1.82) is 0 Å². The molecule has 1 amide bonds. The lowest BCUT2D eigenvalue weighted by molar-refractivity contribution is -0.143. The van der Waals surface area contributed by atoms with E-state index in [1.54, 1.807) is 7.11 Å². The number of carbonyl (C=O) groups is 1. The summed E-state index contributed by atoms with van der Waals surface area (Å²) >= 11 is 0. The summed E-state index contributed by atoms with van der Waals surface area (Å²) < 4.78 is 11.7. The molecule has 2 saturated heterocycles. The number of ether oxygens (including phenoxy) is 2. The molecule has 2 fully saturated rings. The van der Waals surface area contributed by atoms with Gasteiger partial charge in [-0.3, -0.25) is 4.79 Å². The van der Waals surface area contributed by atoms with Crippen LogP contribution in [0.5, 0.6) is 5.75 Å². The third kappa shape index (κ3) is 2.91. The van der Waals surface area contributed by atoms with Gasteiger partial charge < -0.3 is 14.4 Å². The van der Waals surface area contributed by atoms with Crippen LogP contribution in [0.15, 0.2) is 54.6 Å². The van der Waals surface area contributed by atoms with E-state index in [1.165, 1.54) is 0 Å². The molecular weight excluding hydrogens is 350 g/mol. The van der Waals surface area contributed by atoms with Gasteiger partial charge in [-0.1, -0.05) is 63.2 Å². The maximum atomic E-state index is 13.8. The Hall–Kier alpha value is -2.33. The zero-order valence-corrected chi connectivity index (χ0v) is 17.1. The Bertz CT molecular complexity index is 848. The first-order valence-electron chi connectivity index (χ1n) is 10.1. The summed E-state index contributed by atoms with van der Waals surface area (Å²) in [6.45, 7) is 7.02. The number of hydrogen-bond donors (Lipinski definition) is 0. The van der Waals surface area contributed by atoms with Gasteiger partial charge >= 0.3 is 0 Å². The molecule has 148 valence electrons. The minimum absolute atomic E-state index is 0.102. The van der Waals surface area contributed by atoms with Gasteiger partial charge in [0.1, 0.15) is 5.75 Å². The van der Waals surface area contributed by atoms with Crippen molar-refractivity contribution in [3.63, 3.8) is 0 Å². The van der Waals surface area contributed by atoms with Crippen molar-refractivity contribution in [2.75, 3.05) is 13.7 Å². The average Bonchev–Trinajstić information content (AvgIpc) is 3.17. The fourth-order valence-electron chi connectivity index (χ4n) is 4.83. The van der Waals surface area contributed by atoms with E-state index in [0.29, 0.717) is 25.4 Å². The molecule has 4 rings (SSSR count). The summed E-state index contributed by atoms with van der Waals surface area (Å²) in [6, 6.07) is 18.4. The zero-order valence-electron chi connectivity index (χ0n) is 17.1. The van der Waals surface area contributed by atoms with Gasteiger partial charge in [0.2, 0.25) is 5.91 Å². The van der Waals surface area contributed by atoms with Crippen LogP contribution >= 0.6 is 0 Å². The van der Waals surface area contributed by atoms with E-state index >= 15 is 0 Å². The Balaban J connectivity index is 1.72. The molecule has 0 saturated carbocycles. The van der Waals surface area contributed by atoms with Gasteiger partial charge in [-0.05, 0) is 30.0 Å². The summed E-state index contributed by atoms with van der Waals surface area (Å²) in [5.41, 5.74) is 1.05. The Morgan fingerprint density at radius 2 is 1.82 bits per heavy atom. The molecule has 3 atom stereocenters. The van der Waals surface area contributed by atoms with E-state index in [0.717, 1.165) is 16.9 Å². The highest BCUT2D eigenvalue weighted by Crippen LogP contribution is 2.55. The third-order valence-corrected chi connectivity index (χ3v) is 6.33. The average molecular weight is 380 g/mol. The molecule has 0 N–H and O–H groups in total. The van der Waals surface area contributed by atoms with Gasteiger partial charge in [-0.25, -0.2) is 0 Å². The molecule has 0 aromatic heterocycles. The summed E-state index contributed by atoms with van der Waals surface area (Å²) in [5, 5.41) is 0. The second kappa shape index (κ2) is 6.93. The second-order valence-corrected chi connectivity index (χ2v) is 8.71. The van der Waals surface area contributed by atoms with Crippen LogP contribution in [0.3, 0.4) is 0 Å². The van der Waals surface area contributed by atoms with Crippen molar-refractivity contribution in [2.24, 2.45) is 11.3 Å². The molecule has 2 aliphatic heterocycles. The standard InChI is InChI=1S/C24H29NO3/c1-17(2)21-15-28-24(19-8-6-5-7-9-19)16-23(3,22(26)25(21)24)14-18-10-12-20(27-4)13-11-18/h5-13,17,21H,14-16H2,1-4H3/t21-,23-,24+/m1/s1. The molecule has 2 aromatic rings. The smallest absolute Gasteiger partial charge is 0.231 e. The van der Waals surface area contributed by atoms with Crippen molar-refractivity contribution in [2.45, 2.75) is 45.4 Å². The van der Waals surface area contributed by atoms with Gasteiger partial charge in [0.05, 0.1) is 25.2 Å². The Kier molecular flexibility index (Phi) is 4.70. The fourth-order valence-corrected chi connectivity index (χ4v) is 4.83. The molecular formula is C24H29NO3. The summed E-state index contributed by atoms with van der Waals surface area (Å²) in [6.07, 6.45) is 1.35. The van der Waals surface area contributed by atoms with E-state index in [9.17, 15) is 4.79 Å². The third-order valence-electron chi connectivity index (χ3n) is 6.33. The van der Waals surface area contributed by atoms with Crippen molar-refractivity contribution < 1.29 is 14.3 Å². The molecule has 0 aliphatic carbocycles. The van der Waals surface area contributed by atoms with Crippen LogP contribution in [-0.4, -0.2) is 30.6 Å². The van der Waals surface area contributed by atoms with E-state index in [1.807, 2.05) is 30.3 Å². The highest BCUT2D eigenvalue weighted by molar-refractivity contribution is 5.87. The maximum absolute atomic E-state index is 13.8. The molecule has 4 heteroatoms. The number of rotatable bonds is 5. The van der Waals surface area contributed by atoms with Gasteiger partial charge in [0.15, 0.2) is 5.72 Å². The predicted molar refractivity (Wildman–Crippen MR) is 109 cm³/mol. The van der Waals surface area contributed by atoms with Crippen molar-refractivity contribution >= 4 is 5.91 Å². The van der Waals surface area contributed by atoms with Crippen LogP contribution in [0.25, 0.3) is 0 Å². The number of carbonyl (C=O) groups excluding carboxylic acids is 1. The van der Waals surface area contributed by atoms with Crippen molar-refractivity contribution in [1.82, 2.24) is 4.90 Å². The van der Waals surface area contributed by atoms with E-state index in [2.05, 4.69) is 49.9 Å². The molecule has 2 aromatic carbocycles. The van der Waals surface area contributed by atoms with Gasteiger partial charge in [-0.2, -0.15) is 0 Å². The van der Waals surface area contributed by atoms with E-state index in [4.69, 9.17) is 9.47 Å². The number of fused-ring (bicyclic) bond motifs is 1. The molecule has 0 bridgehead atoms. The van der Waals surface area contributed by atoms with Crippen molar-refractivity contribution in [3.8, 4) is 5.75 Å². The van der Waals surface area contributed by atoms with Crippen LogP contribution in [0.1, 0.15) is 38.3 Å². The van der Waals surface area contributed by atoms with Crippen LogP contribution in [0.2, 0.25) is 0 Å². The largest absolute Gasteiger partial charge is 0.497 e. The van der Waals surface area contributed by atoms with Gasteiger partial charge in [0, 0.05) is 12.0 Å². The van der Waals surface area contributed by atoms with Crippen LogP contribution in [-0.2, 0) is 21.7 Å². The molecule has 2 aliphatic rings. The van der Waals surface area contributed by atoms with Gasteiger partial charge in [0.25, 0.3) is 0 Å². The number of methoxy groups -OCH3 is 1. The Morgan fingerprint density at radius 1 is 1.14 bits per heavy atom. The number of hydrogen-bond acceptors (Lipinski definition) is 3. The molecule has 28 heavy (non-hydrogen) atoms. The predicted octanol–water partition coefficient (Wildman–Crippen LogP) is 4.38. The monoisotopic (exact) mass is 379 g/mol. The fraction of sp³-hybridized carbons (Fsp3) is 0.458. The molecule has 0 spiro atoms. The first-order valence-corrected chi connectivity index (χ1v) is 10.1. The lowest BCUT2D eigenvalue weighted by Crippen LogP contribution is -2.46.